The largest absolute Gasteiger partial charge is 0.478 e. The van der Waals surface area contributed by atoms with Crippen LogP contribution in [0.3, 0.4) is 0 Å². The van der Waals surface area contributed by atoms with E-state index in [4.69, 9.17) is 4.55 Å². The second kappa shape index (κ2) is 10.6. The summed E-state index contributed by atoms with van der Waals surface area (Å²) in [6.45, 7) is 4.91. The molecule has 2 aromatic carbocycles. The Bertz CT molecular complexity index is 1190. The van der Waals surface area contributed by atoms with Crippen molar-refractivity contribution in [3.05, 3.63) is 48.0 Å². The number of benzene rings is 2. The van der Waals surface area contributed by atoms with Gasteiger partial charge in [-0.15, -0.1) is 5.11 Å². The molecule has 0 aliphatic heterocycles. The van der Waals surface area contributed by atoms with E-state index in [2.05, 4.69) is 19.3 Å². The number of carboxylic acids is 1. The van der Waals surface area contributed by atoms with Gasteiger partial charge in [-0.25, -0.2) is 17.4 Å². The van der Waals surface area contributed by atoms with Crippen molar-refractivity contribution in [2.24, 2.45) is 10.2 Å². The molecule has 174 valence electrons. The van der Waals surface area contributed by atoms with Crippen LogP contribution < -0.4 is 4.90 Å². The average molecular weight is 486 g/mol. The Hall–Kier alpha value is -2.87. The van der Waals surface area contributed by atoms with Crippen molar-refractivity contribution in [2.45, 2.75) is 18.7 Å². The zero-order chi connectivity index (χ0) is 23.9. The van der Waals surface area contributed by atoms with Crippen LogP contribution in [0.1, 0.15) is 24.2 Å². The number of hydrogen-bond acceptors (Lipinski definition) is 9. The lowest BCUT2D eigenvalue weighted by atomic mass is 10.2. The van der Waals surface area contributed by atoms with Gasteiger partial charge >= 0.3 is 16.4 Å². The number of rotatable bonds is 11. The van der Waals surface area contributed by atoms with Crippen molar-refractivity contribution < 1.29 is 35.5 Å². The lowest BCUT2D eigenvalue weighted by molar-refractivity contribution is 0.0697. The fourth-order valence-electron chi connectivity index (χ4n) is 2.77. The number of nitrogens with zero attached hydrogens (tertiary/aromatic N) is 3. The molecular formula is C19H23N3O8S2. The number of aromatic carboxylic acids is 1. The first-order chi connectivity index (χ1) is 15.0. The highest BCUT2D eigenvalue weighted by atomic mass is 32.3. The van der Waals surface area contributed by atoms with Crippen LogP contribution in [0.4, 0.5) is 17.1 Å². The number of carboxylic acid groups (broad SMARTS) is 1. The quantitative estimate of drug-likeness (QED) is 0.359. The molecule has 0 atom stereocenters. The molecule has 2 rings (SSSR count). The van der Waals surface area contributed by atoms with Crippen molar-refractivity contribution >= 4 is 43.3 Å². The van der Waals surface area contributed by atoms with Gasteiger partial charge in [-0.3, -0.25) is 4.55 Å². The van der Waals surface area contributed by atoms with Crippen LogP contribution in [-0.4, -0.2) is 57.9 Å². The fraction of sp³-hybridized carbons (Fsp3) is 0.316. The normalized spacial score (nSPS) is 12.2. The van der Waals surface area contributed by atoms with E-state index in [-0.39, 0.29) is 16.1 Å². The number of carbonyl (C=O) groups is 1. The van der Waals surface area contributed by atoms with Crippen molar-refractivity contribution in [1.82, 2.24) is 0 Å². The molecule has 0 aliphatic carbocycles. The smallest absolute Gasteiger partial charge is 0.397 e. The molecular weight excluding hydrogens is 462 g/mol. The topological polar surface area (TPSA) is 163 Å². The van der Waals surface area contributed by atoms with Gasteiger partial charge < -0.3 is 10.0 Å². The van der Waals surface area contributed by atoms with Gasteiger partial charge in [0.1, 0.15) is 5.69 Å². The molecule has 0 spiro atoms. The number of azo groups is 1. The Morgan fingerprint density at radius 3 is 2.16 bits per heavy atom. The number of sulfone groups is 1. The molecule has 0 amide bonds. The second-order valence-corrected chi connectivity index (χ2v) is 9.64. The Kier molecular flexibility index (Phi) is 8.44. The van der Waals surface area contributed by atoms with E-state index >= 15 is 0 Å². The van der Waals surface area contributed by atoms with Crippen molar-refractivity contribution in [3.8, 4) is 0 Å². The van der Waals surface area contributed by atoms with Crippen molar-refractivity contribution in [1.29, 1.82) is 0 Å². The minimum absolute atomic E-state index is 0.193. The van der Waals surface area contributed by atoms with E-state index in [1.165, 1.54) is 0 Å². The van der Waals surface area contributed by atoms with Gasteiger partial charge in [0.15, 0.2) is 9.84 Å². The summed E-state index contributed by atoms with van der Waals surface area (Å²) >= 11 is 0. The van der Waals surface area contributed by atoms with Gasteiger partial charge in [0.05, 0.1) is 28.5 Å². The Morgan fingerprint density at radius 2 is 1.62 bits per heavy atom. The molecule has 2 aromatic rings. The first-order valence-corrected chi connectivity index (χ1v) is 12.5. The third-order valence-corrected chi connectivity index (χ3v) is 6.54. The minimum Gasteiger partial charge on any atom is -0.478 e. The average Bonchev–Trinajstić information content (AvgIpc) is 2.72. The zero-order valence-corrected chi connectivity index (χ0v) is 19.0. The Morgan fingerprint density at radius 1 is 1.00 bits per heavy atom. The molecule has 0 aliphatic rings. The number of hydrogen-bond donors (Lipinski definition) is 2. The van der Waals surface area contributed by atoms with E-state index in [1.807, 2.05) is 26.0 Å². The molecule has 13 heteroatoms. The van der Waals surface area contributed by atoms with Gasteiger partial charge in [0.25, 0.3) is 0 Å². The SMILES string of the molecule is CCN(CC)c1ccc(N=Nc2cc(S(=O)(=O)CCOS(=O)(=O)O)ccc2C(=O)O)cc1. The van der Waals surface area contributed by atoms with Crippen molar-refractivity contribution in [2.75, 3.05) is 30.3 Å². The maximum Gasteiger partial charge on any atom is 0.397 e. The van der Waals surface area contributed by atoms with Gasteiger partial charge in [-0.2, -0.15) is 13.5 Å². The summed E-state index contributed by atoms with van der Waals surface area (Å²) in [5.41, 5.74) is 0.969. The fourth-order valence-corrected chi connectivity index (χ4v) is 4.27. The summed E-state index contributed by atoms with van der Waals surface area (Å²) in [7, 11) is -8.84. The van der Waals surface area contributed by atoms with E-state index in [0.717, 1.165) is 37.0 Å². The highest BCUT2D eigenvalue weighted by Gasteiger charge is 2.20. The summed E-state index contributed by atoms with van der Waals surface area (Å²) in [6, 6.07) is 10.2. The summed E-state index contributed by atoms with van der Waals surface area (Å²) in [6.07, 6.45) is 0. The molecule has 0 radical (unpaired) electrons. The molecule has 0 bridgehead atoms. The van der Waals surface area contributed by atoms with E-state index in [1.54, 1.807) is 12.1 Å². The summed E-state index contributed by atoms with van der Waals surface area (Å²) < 4.78 is 58.5. The summed E-state index contributed by atoms with van der Waals surface area (Å²) in [4.78, 5) is 13.3. The van der Waals surface area contributed by atoms with E-state index in [9.17, 15) is 26.7 Å². The molecule has 2 N–H and O–H groups in total. The first-order valence-electron chi connectivity index (χ1n) is 9.45. The third-order valence-electron chi connectivity index (χ3n) is 4.39. The van der Waals surface area contributed by atoms with Crippen LogP contribution in [0.25, 0.3) is 0 Å². The number of anilines is 1. The van der Waals surface area contributed by atoms with Crippen LogP contribution in [-0.2, 0) is 24.4 Å². The predicted octanol–water partition coefficient (Wildman–Crippen LogP) is 3.24. The highest BCUT2D eigenvalue weighted by molar-refractivity contribution is 7.91. The predicted molar refractivity (Wildman–Crippen MR) is 117 cm³/mol. The summed E-state index contributed by atoms with van der Waals surface area (Å²) in [5.74, 6) is -2.09. The summed E-state index contributed by atoms with van der Waals surface area (Å²) in [5, 5.41) is 17.3. The van der Waals surface area contributed by atoms with Crippen LogP contribution >= 0.6 is 0 Å². The van der Waals surface area contributed by atoms with Gasteiger partial charge in [0, 0.05) is 18.8 Å². The standard InChI is InChI=1S/C19H23N3O8S2/c1-3-22(4-2)15-7-5-14(6-8-15)20-21-18-13-16(9-10-17(18)19(23)24)31(25,26)12-11-30-32(27,28)29/h5-10,13H,3-4,11-12H2,1-2H3,(H,23,24)(H,27,28,29). The molecule has 0 heterocycles. The second-order valence-electron chi connectivity index (χ2n) is 6.44. The maximum absolute atomic E-state index is 12.4. The van der Waals surface area contributed by atoms with E-state index in [0.29, 0.717) is 5.69 Å². The molecule has 0 unspecified atom stereocenters. The zero-order valence-electron chi connectivity index (χ0n) is 17.4. The lowest BCUT2D eigenvalue weighted by Crippen LogP contribution is -2.21. The molecule has 0 aromatic heterocycles. The van der Waals surface area contributed by atoms with Gasteiger partial charge in [-0.05, 0) is 56.3 Å². The van der Waals surface area contributed by atoms with Crippen LogP contribution in [0.2, 0.25) is 0 Å². The van der Waals surface area contributed by atoms with E-state index < -0.39 is 38.6 Å². The van der Waals surface area contributed by atoms with Crippen LogP contribution in [0.5, 0.6) is 0 Å². The maximum atomic E-state index is 12.4. The van der Waals surface area contributed by atoms with Crippen LogP contribution in [0, 0.1) is 0 Å². The molecule has 11 nitrogen and oxygen atoms in total. The highest BCUT2D eigenvalue weighted by Crippen LogP contribution is 2.27. The van der Waals surface area contributed by atoms with Crippen LogP contribution in [0.15, 0.2) is 57.6 Å². The minimum atomic E-state index is -4.78. The van der Waals surface area contributed by atoms with Gasteiger partial charge in [0.2, 0.25) is 0 Å². The van der Waals surface area contributed by atoms with Crippen molar-refractivity contribution in [3.63, 3.8) is 0 Å². The third kappa shape index (κ3) is 7.09. The molecule has 0 saturated heterocycles. The first kappa shape index (κ1) is 25.4. The Balaban J connectivity index is 2.31. The van der Waals surface area contributed by atoms with Gasteiger partial charge in [-0.1, -0.05) is 0 Å². The Labute approximate surface area is 186 Å². The molecule has 0 saturated carbocycles. The molecule has 32 heavy (non-hydrogen) atoms. The monoisotopic (exact) mass is 485 g/mol. The lowest BCUT2D eigenvalue weighted by Gasteiger charge is -2.20. The molecule has 0 fully saturated rings.